The van der Waals surface area contributed by atoms with Gasteiger partial charge in [-0.05, 0) is 24.3 Å². The summed E-state index contributed by atoms with van der Waals surface area (Å²) in [4.78, 5) is 8.56. The van der Waals surface area contributed by atoms with Crippen molar-refractivity contribution in [2.75, 3.05) is 0 Å². The molecule has 2 N–H and O–H groups in total. The van der Waals surface area contributed by atoms with Crippen LogP contribution in [0.3, 0.4) is 0 Å². The van der Waals surface area contributed by atoms with Crippen molar-refractivity contribution < 1.29 is 15.0 Å². The van der Waals surface area contributed by atoms with Gasteiger partial charge in [-0.3, -0.25) is 0 Å². The fraction of sp³-hybridized carbons (Fsp3) is 0.364. The molecule has 3 heteroatoms. The smallest absolute Gasteiger partial charge is 0.450 e. The molecule has 0 spiro atoms. The fourth-order valence-electron chi connectivity index (χ4n) is 1.47. The van der Waals surface area contributed by atoms with Crippen LogP contribution < -0.4 is 0 Å². The molecule has 3 nitrogen and oxygen atoms in total. The summed E-state index contributed by atoms with van der Waals surface area (Å²) in [5, 5.41) is 13.9. The van der Waals surface area contributed by atoms with Crippen LogP contribution in [0, 0.1) is 0 Å². The molecular weight excluding hydrogens is 180 g/mol. The van der Waals surface area contributed by atoms with Crippen molar-refractivity contribution in [2.45, 2.75) is 25.2 Å². The third kappa shape index (κ3) is 3.47. The van der Waals surface area contributed by atoms with Crippen molar-refractivity contribution in [2.24, 2.45) is 0 Å². The molecule has 0 bridgehead atoms. The number of benzene rings is 1. The standard InChI is InChI=1S/C10H12.CH2O3/c1-2-5-9(6-3-1)10-7-4-8-10;2-1(3)4/h1-3,5-6,10H,4,7-8H2;(H2,2,3,4). The van der Waals surface area contributed by atoms with E-state index in [1.54, 1.807) is 0 Å². The van der Waals surface area contributed by atoms with E-state index >= 15 is 0 Å². The van der Waals surface area contributed by atoms with Gasteiger partial charge in [0.25, 0.3) is 0 Å². The molecule has 1 aliphatic rings. The summed E-state index contributed by atoms with van der Waals surface area (Å²) >= 11 is 0. The summed E-state index contributed by atoms with van der Waals surface area (Å²) in [5.74, 6) is 0.890. The van der Waals surface area contributed by atoms with Gasteiger partial charge in [0.2, 0.25) is 0 Å². The summed E-state index contributed by atoms with van der Waals surface area (Å²) in [6.45, 7) is 0. The van der Waals surface area contributed by atoms with Crippen molar-refractivity contribution in [1.82, 2.24) is 0 Å². The first-order chi connectivity index (χ1) is 6.70. The van der Waals surface area contributed by atoms with Crippen LogP contribution in [0.4, 0.5) is 4.79 Å². The van der Waals surface area contributed by atoms with Gasteiger partial charge in [0.1, 0.15) is 0 Å². The van der Waals surface area contributed by atoms with E-state index in [4.69, 9.17) is 15.0 Å². The van der Waals surface area contributed by atoms with Crippen LogP contribution in [0.2, 0.25) is 0 Å². The van der Waals surface area contributed by atoms with Crippen molar-refractivity contribution in [3.8, 4) is 0 Å². The molecule has 0 heterocycles. The third-order valence-electron chi connectivity index (χ3n) is 2.38. The zero-order valence-corrected chi connectivity index (χ0v) is 7.89. The molecule has 1 aliphatic carbocycles. The Morgan fingerprint density at radius 3 is 2.00 bits per heavy atom. The quantitative estimate of drug-likeness (QED) is 0.721. The fourth-order valence-corrected chi connectivity index (χ4v) is 1.47. The average molecular weight is 194 g/mol. The Balaban J connectivity index is 0.000000213. The molecule has 2 rings (SSSR count). The zero-order valence-electron chi connectivity index (χ0n) is 7.89. The molecule has 0 saturated heterocycles. The Labute approximate surface area is 83.0 Å². The lowest BCUT2D eigenvalue weighted by Gasteiger charge is -2.25. The normalized spacial score (nSPS) is 14.9. The lowest BCUT2D eigenvalue weighted by molar-refractivity contribution is 0.137. The molecule has 1 aromatic carbocycles. The van der Waals surface area contributed by atoms with Crippen LogP contribution in [0.25, 0.3) is 0 Å². The van der Waals surface area contributed by atoms with E-state index in [-0.39, 0.29) is 0 Å². The molecule has 0 aromatic heterocycles. The van der Waals surface area contributed by atoms with E-state index in [1.165, 1.54) is 24.8 Å². The highest BCUT2D eigenvalue weighted by atomic mass is 16.6. The van der Waals surface area contributed by atoms with Crippen LogP contribution in [0.5, 0.6) is 0 Å². The second kappa shape index (κ2) is 5.27. The summed E-state index contributed by atoms with van der Waals surface area (Å²) in [6.07, 6.45) is 2.41. The molecular formula is C11H14O3. The van der Waals surface area contributed by atoms with Crippen LogP contribution in [0.15, 0.2) is 30.3 Å². The molecule has 76 valence electrons. The van der Waals surface area contributed by atoms with Crippen molar-refractivity contribution in [1.29, 1.82) is 0 Å². The van der Waals surface area contributed by atoms with E-state index in [0.29, 0.717) is 0 Å². The predicted octanol–water partition coefficient (Wildman–Crippen LogP) is 3.18. The number of hydrogen-bond donors (Lipinski definition) is 2. The van der Waals surface area contributed by atoms with Gasteiger partial charge in [0, 0.05) is 0 Å². The zero-order chi connectivity index (χ0) is 10.4. The van der Waals surface area contributed by atoms with E-state index in [2.05, 4.69) is 30.3 Å². The SMILES string of the molecule is O=C(O)O.c1ccc(C2CCC2)cc1. The van der Waals surface area contributed by atoms with Gasteiger partial charge in [-0.2, -0.15) is 0 Å². The lowest BCUT2D eigenvalue weighted by Crippen LogP contribution is -2.07. The van der Waals surface area contributed by atoms with Crippen LogP contribution in [-0.4, -0.2) is 16.4 Å². The Bertz CT molecular complexity index is 274. The molecule has 1 saturated carbocycles. The maximum absolute atomic E-state index is 8.56. The minimum absolute atomic E-state index is 0.890. The monoisotopic (exact) mass is 194 g/mol. The number of rotatable bonds is 1. The van der Waals surface area contributed by atoms with Crippen LogP contribution in [0.1, 0.15) is 30.7 Å². The first-order valence-electron chi connectivity index (χ1n) is 4.67. The maximum Gasteiger partial charge on any atom is 0.503 e. The second-order valence-electron chi connectivity index (χ2n) is 3.32. The van der Waals surface area contributed by atoms with Gasteiger partial charge in [-0.1, -0.05) is 36.8 Å². The molecule has 1 fully saturated rings. The molecule has 14 heavy (non-hydrogen) atoms. The molecule has 0 unspecified atom stereocenters. The summed E-state index contributed by atoms with van der Waals surface area (Å²) < 4.78 is 0. The molecule has 0 atom stereocenters. The topological polar surface area (TPSA) is 57.5 Å². The summed E-state index contributed by atoms with van der Waals surface area (Å²) in [7, 11) is 0. The van der Waals surface area contributed by atoms with Crippen molar-refractivity contribution in [3.63, 3.8) is 0 Å². The van der Waals surface area contributed by atoms with Crippen LogP contribution >= 0.6 is 0 Å². The average Bonchev–Trinajstić information content (AvgIpc) is 2.01. The number of carboxylic acid groups (broad SMARTS) is 2. The Hall–Kier alpha value is -1.51. The largest absolute Gasteiger partial charge is 0.503 e. The van der Waals surface area contributed by atoms with Crippen molar-refractivity contribution >= 4 is 6.16 Å². The van der Waals surface area contributed by atoms with Crippen LogP contribution in [-0.2, 0) is 0 Å². The van der Waals surface area contributed by atoms with E-state index in [9.17, 15) is 0 Å². The first kappa shape index (κ1) is 10.6. The van der Waals surface area contributed by atoms with Gasteiger partial charge in [0.15, 0.2) is 0 Å². The number of carbonyl (C=O) groups is 1. The second-order valence-corrected chi connectivity index (χ2v) is 3.32. The van der Waals surface area contributed by atoms with E-state index < -0.39 is 6.16 Å². The Kier molecular flexibility index (Phi) is 3.98. The van der Waals surface area contributed by atoms with E-state index in [0.717, 1.165) is 5.92 Å². The highest BCUT2D eigenvalue weighted by Gasteiger charge is 2.18. The number of hydrogen-bond acceptors (Lipinski definition) is 1. The highest BCUT2D eigenvalue weighted by molar-refractivity contribution is 5.53. The predicted molar refractivity (Wildman–Crippen MR) is 53.7 cm³/mol. The first-order valence-corrected chi connectivity index (χ1v) is 4.67. The van der Waals surface area contributed by atoms with Crippen molar-refractivity contribution in [3.05, 3.63) is 35.9 Å². The summed E-state index contributed by atoms with van der Waals surface area (Å²) in [5.41, 5.74) is 1.54. The third-order valence-corrected chi connectivity index (χ3v) is 2.38. The minimum atomic E-state index is -1.83. The van der Waals surface area contributed by atoms with Gasteiger partial charge in [-0.25, -0.2) is 4.79 Å². The van der Waals surface area contributed by atoms with Gasteiger partial charge >= 0.3 is 6.16 Å². The van der Waals surface area contributed by atoms with Gasteiger partial charge in [-0.15, -0.1) is 0 Å². The highest BCUT2D eigenvalue weighted by Crippen LogP contribution is 2.35. The Morgan fingerprint density at radius 1 is 1.14 bits per heavy atom. The van der Waals surface area contributed by atoms with Gasteiger partial charge in [0.05, 0.1) is 0 Å². The van der Waals surface area contributed by atoms with E-state index in [1.807, 2.05) is 0 Å². The van der Waals surface area contributed by atoms with Gasteiger partial charge < -0.3 is 10.2 Å². The molecule has 1 aromatic rings. The molecule has 0 radical (unpaired) electrons. The Morgan fingerprint density at radius 2 is 1.64 bits per heavy atom. The molecule has 0 amide bonds. The maximum atomic E-state index is 8.56. The molecule has 0 aliphatic heterocycles. The lowest BCUT2D eigenvalue weighted by atomic mass is 9.80. The minimum Gasteiger partial charge on any atom is -0.450 e. The summed E-state index contributed by atoms with van der Waals surface area (Å²) in [6, 6.07) is 10.8.